The molecule has 1 aliphatic rings. The SMILES string of the molecule is CCOC(=O)C1C(C)C=C(C)NC1(C)C(=O)OCC. The summed E-state index contributed by atoms with van der Waals surface area (Å²) in [7, 11) is 0. The molecule has 0 saturated heterocycles. The van der Waals surface area contributed by atoms with Crippen LogP contribution in [-0.2, 0) is 19.1 Å². The van der Waals surface area contributed by atoms with Crippen molar-refractivity contribution in [2.45, 2.75) is 40.2 Å². The zero-order chi connectivity index (χ0) is 14.6. The second-order valence-corrected chi connectivity index (χ2v) is 4.99. The van der Waals surface area contributed by atoms with Gasteiger partial charge in [0.2, 0.25) is 0 Å². The van der Waals surface area contributed by atoms with Crippen LogP contribution in [-0.4, -0.2) is 30.7 Å². The lowest BCUT2D eigenvalue weighted by molar-refractivity contribution is -0.165. The predicted octanol–water partition coefficient (Wildman–Crippen LogP) is 1.63. The van der Waals surface area contributed by atoms with E-state index < -0.39 is 17.4 Å². The fraction of sp³-hybridized carbons (Fsp3) is 0.714. The van der Waals surface area contributed by atoms with Crippen molar-refractivity contribution in [2.75, 3.05) is 13.2 Å². The van der Waals surface area contributed by atoms with Crippen molar-refractivity contribution in [2.24, 2.45) is 11.8 Å². The summed E-state index contributed by atoms with van der Waals surface area (Å²) in [4.78, 5) is 24.4. The van der Waals surface area contributed by atoms with Crippen LogP contribution in [0.5, 0.6) is 0 Å². The van der Waals surface area contributed by atoms with Crippen LogP contribution >= 0.6 is 0 Å². The molecule has 5 nitrogen and oxygen atoms in total. The summed E-state index contributed by atoms with van der Waals surface area (Å²) in [5.74, 6) is -1.47. The highest BCUT2D eigenvalue weighted by Gasteiger charge is 2.51. The molecule has 0 aromatic heterocycles. The third kappa shape index (κ3) is 3.08. The van der Waals surface area contributed by atoms with Crippen molar-refractivity contribution in [3.63, 3.8) is 0 Å². The lowest BCUT2D eigenvalue weighted by Gasteiger charge is -2.41. The van der Waals surface area contributed by atoms with E-state index in [-0.39, 0.29) is 18.5 Å². The molecule has 0 aromatic rings. The van der Waals surface area contributed by atoms with Gasteiger partial charge in [0.15, 0.2) is 0 Å². The molecule has 1 rings (SSSR count). The Morgan fingerprint density at radius 3 is 2.42 bits per heavy atom. The minimum atomic E-state index is -1.08. The van der Waals surface area contributed by atoms with E-state index in [1.54, 1.807) is 20.8 Å². The van der Waals surface area contributed by atoms with Gasteiger partial charge in [0.25, 0.3) is 0 Å². The van der Waals surface area contributed by atoms with Gasteiger partial charge in [-0.05, 0) is 33.6 Å². The molecule has 1 aliphatic heterocycles. The molecular weight excluding hydrogens is 246 g/mol. The van der Waals surface area contributed by atoms with Crippen LogP contribution in [0.25, 0.3) is 0 Å². The van der Waals surface area contributed by atoms with Gasteiger partial charge >= 0.3 is 11.9 Å². The molecule has 0 fully saturated rings. The van der Waals surface area contributed by atoms with Crippen LogP contribution in [0.2, 0.25) is 0 Å². The zero-order valence-corrected chi connectivity index (χ0v) is 12.3. The lowest BCUT2D eigenvalue weighted by atomic mass is 9.74. The van der Waals surface area contributed by atoms with E-state index in [0.717, 1.165) is 5.70 Å². The largest absolute Gasteiger partial charge is 0.466 e. The Morgan fingerprint density at radius 2 is 1.89 bits per heavy atom. The monoisotopic (exact) mass is 269 g/mol. The Balaban J connectivity index is 3.12. The van der Waals surface area contributed by atoms with Crippen LogP contribution in [0.3, 0.4) is 0 Å². The number of carbonyl (C=O) groups excluding carboxylic acids is 2. The zero-order valence-electron chi connectivity index (χ0n) is 12.3. The van der Waals surface area contributed by atoms with Crippen molar-refractivity contribution < 1.29 is 19.1 Å². The number of hydrogen-bond donors (Lipinski definition) is 1. The third-order valence-electron chi connectivity index (χ3n) is 3.36. The second-order valence-electron chi connectivity index (χ2n) is 4.99. The summed E-state index contributed by atoms with van der Waals surface area (Å²) in [6.45, 7) is 9.54. The first kappa shape index (κ1) is 15.5. The minimum absolute atomic E-state index is 0.0882. The molecule has 0 amide bonds. The fourth-order valence-corrected chi connectivity index (χ4v) is 2.69. The van der Waals surface area contributed by atoms with Gasteiger partial charge in [0, 0.05) is 5.70 Å². The van der Waals surface area contributed by atoms with Crippen LogP contribution in [0.4, 0.5) is 0 Å². The number of rotatable bonds is 4. The molecule has 5 heteroatoms. The number of esters is 2. The predicted molar refractivity (Wildman–Crippen MR) is 71.2 cm³/mol. The topological polar surface area (TPSA) is 64.6 Å². The molecule has 3 unspecified atom stereocenters. The first-order valence-corrected chi connectivity index (χ1v) is 6.67. The first-order chi connectivity index (χ1) is 8.86. The maximum absolute atomic E-state index is 12.2. The van der Waals surface area contributed by atoms with Crippen molar-refractivity contribution >= 4 is 11.9 Å². The number of hydrogen-bond acceptors (Lipinski definition) is 5. The van der Waals surface area contributed by atoms with Gasteiger partial charge < -0.3 is 14.8 Å². The summed E-state index contributed by atoms with van der Waals surface area (Å²) >= 11 is 0. The van der Waals surface area contributed by atoms with Gasteiger partial charge in [-0.25, -0.2) is 4.79 Å². The minimum Gasteiger partial charge on any atom is -0.466 e. The highest BCUT2D eigenvalue weighted by Crippen LogP contribution is 2.34. The Kier molecular flexibility index (Phi) is 4.97. The third-order valence-corrected chi connectivity index (χ3v) is 3.36. The number of nitrogens with one attached hydrogen (secondary N) is 1. The average molecular weight is 269 g/mol. The van der Waals surface area contributed by atoms with E-state index in [0.29, 0.717) is 6.61 Å². The van der Waals surface area contributed by atoms with Gasteiger partial charge in [-0.1, -0.05) is 13.0 Å². The Labute approximate surface area is 114 Å². The molecule has 1 heterocycles. The van der Waals surface area contributed by atoms with E-state index in [2.05, 4.69) is 5.32 Å². The van der Waals surface area contributed by atoms with E-state index in [4.69, 9.17) is 9.47 Å². The van der Waals surface area contributed by atoms with Crippen molar-refractivity contribution in [1.82, 2.24) is 5.32 Å². The molecule has 19 heavy (non-hydrogen) atoms. The molecule has 108 valence electrons. The summed E-state index contributed by atoms with van der Waals surface area (Å²) in [6, 6.07) is 0. The maximum Gasteiger partial charge on any atom is 0.332 e. The molecule has 0 aliphatic carbocycles. The summed E-state index contributed by atoms with van der Waals surface area (Å²) < 4.78 is 10.2. The van der Waals surface area contributed by atoms with Gasteiger partial charge in [0.1, 0.15) is 5.54 Å². The maximum atomic E-state index is 12.2. The molecule has 3 atom stereocenters. The van der Waals surface area contributed by atoms with E-state index in [1.165, 1.54) is 0 Å². The number of ether oxygens (including phenoxy) is 2. The van der Waals surface area contributed by atoms with Gasteiger partial charge in [-0.2, -0.15) is 0 Å². The summed E-state index contributed by atoms with van der Waals surface area (Å²) in [5.41, 5.74) is -0.218. The molecule has 0 saturated carbocycles. The number of carbonyl (C=O) groups is 2. The van der Waals surface area contributed by atoms with E-state index in [9.17, 15) is 9.59 Å². The van der Waals surface area contributed by atoms with Crippen LogP contribution in [0, 0.1) is 11.8 Å². The van der Waals surface area contributed by atoms with Crippen molar-refractivity contribution in [3.05, 3.63) is 11.8 Å². The van der Waals surface area contributed by atoms with Crippen LogP contribution in [0.15, 0.2) is 11.8 Å². The summed E-state index contributed by atoms with van der Waals surface area (Å²) in [5, 5.41) is 3.08. The fourth-order valence-electron chi connectivity index (χ4n) is 2.69. The Hall–Kier alpha value is -1.52. The van der Waals surface area contributed by atoms with E-state index in [1.807, 2.05) is 19.9 Å². The van der Waals surface area contributed by atoms with Crippen molar-refractivity contribution in [3.8, 4) is 0 Å². The smallest absolute Gasteiger partial charge is 0.332 e. The molecule has 0 radical (unpaired) electrons. The van der Waals surface area contributed by atoms with Crippen LogP contribution in [0.1, 0.15) is 34.6 Å². The standard InChI is InChI=1S/C14H23NO4/c1-6-18-12(16)11-9(3)8-10(4)15-14(11,5)13(17)19-7-2/h8-9,11,15H,6-7H2,1-5H3. The lowest BCUT2D eigenvalue weighted by Crippen LogP contribution is -2.61. The second kappa shape index (κ2) is 6.08. The Bertz CT molecular complexity index is 391. The van der Waals surface area contributed by atoms with Gasteiger partial charge in [0.05, 0.1) is 19.1 Å². The van der Waals surface area contributed by atoms with Gasteiger partial charge in [-0.3, -0.25) is 4.79 Å². The number of allylic oxidation sites excluding steroid dienone is 2. The van der Waals surface area contributed by atoms with E-state index >= 15 is 0 Å². The molecular formula is C14H23NO4. The highest BCUT2D eigenvalue weighted by molar-refractivity contribution is 5.89. The molecule has 0 bridgehead atoms. The average Bonchev–Trinajstić information content (AvgIpc) is 2.28. The van der Waals surface area contributed by atoms with Crippen molar-refractivity contribution in [1.29, 1.82) is 0 Å². The molecule has 1 N–H and O–H groups in total. The first-order valence-electron chi connectivity index (χ1n) is 6.67. The van der Waals surface area contributed by atoms with Crippen LogP contribution < -0.4 is 5.32 Å². The highest BCUT2D eigenvalue weighted by atomic mass is 16.5. The molecule has 0 aromatic carbocycles. The normalized spacial score (nSPS) is 30.1. The molecule has 0 spiro atoms. The van der Waals surface area contributed by atoms with Gasteiger partial charge in [-0.15, -0.1) is 0 Å². The Morgan fingerprint density at radius 1 is 1.32 bits per heavy atom. The summed E-state index contributed by atoms with van der Waals surface area (Å²) in [6.07, 6.45) is 1.93. The quantitative estimate of drug-likeness (QED) is 0.786.